The number of likely N-dealkylation sites (tertiary alicyclic amines) is 1. The summed E-state index contributed by atoms with van der Waals surface area (Å²) in [5.41, 5.74) is 2.54. The first kappa shape index (κ1) is 14.9. The van der Waals surface area contributed by atoms with Crippen LogP contribution in [0.5, 0.6) is 0 Å². The highest BCUT2D eigenvalue weighted by Gasteiger charge is 2.44. The minimum absolute atomic E-state index is 0.0937. The molecule has 0 amide bonds. The van der Waals surface area contributed by atoms with Crippen molar-refractivity contribution in [3.63, 3.8) is 0 Å². The van der Waals surface area contributed by atoms with Crippen LogP contribution in [0.2, 0.25) is 0 Å². The maximum Gasteiger partial charge on any atom is 0.123 e. The van der Waals surface area contributed by atoms with Gasteiger partial charge in [-0.05, 0) is 86.7 Å². The molecule has 0 radical (unpaired) electrons. The van der Waals surface area contributed by atoms with E-state index < -0.39 is 0 Å². The van der Waals surface area contributed by atoms with Crippen LogP contribution in [0.4, 0.5) is 10.1 Å². The Morgan fingerprint density at radius 3 is 2.96 bits per heavy atom. The lowest BCUT2D eigenvalue weighted by Gasteiger charge is -2.49. The quantitative estimate of drug-likeness (QED) is 0.820. The number of fused-ring (bicyclic) bond motifs is 3. The number of nitrogens with zero attached hydrogens (tertiary/aromatic N) is 1. The summed E-state index contributed by atoms with van der Waals surface area (Å²) in [5, 5.41) is 3.51. The van der Waals surface area contributed by atoms with Crippen LogP contribution in [-0.4, -0.2) is 31.1 Å². The number of halogens is 1. The number of rotatable bonds is 2. The SMILES string of the molecule is Fc1ccc2c(c1)C1(CCN(CC3CC4CCC=CC43)CC1)CN2. The predicted octanol–water partition coefficient (Wildman–Crippen LogP) is 4.19. The van der Waals surface area contributed by atoms with E-state index in [0.717, 1.165) is 55.9 Å². The van der Waals surface area contributed by atoms with Gasteiger partial charge in [0, 0.05) is 24.2 Å². The molecule has 1 saturated heterocycles. The predicted molar refractivity (Wildman–Crippen MR) is 95.7 cm³/mol. The lowest BCUT2D eigenvalue weighted by molar-refractivity contribution is 0.0443. The lowest BCUT2D eigenvalue weighted by Crippen LogP contribution is -2.49. The zero-order valence-electron chi connectivity index (χ0n) is 14.3. The van der Waals surface area contributed by atoms with Gasteiger partial charge >= 0.3 is 0 Å². The first-order valence-electron chi connectivity index (χ1n) is 9.66. The summed E-state index contributed by atoms with van der Waals surface area (Å²) >= 11 is 0. The van der Waals surface area contributed by atoms with Gasteiger partial charge in [0.2, 0.25) is 0 Å². The van der Waals surface area contributed by atoms with Crippen molar-refractivity contribution in [1.82, 2.24) is 4.90 Å². The van der Waals surface area contributed by atoms with E-state index in [9.17, 15) is 4.39 Å². The van der Waals surface area contributed by atoms with Gasteiger partial charge < -0.3 is 10.2 Å². The van der Waals surface area contributed by atoms with Gasteiger partial charge in [-0.25, -0.2) is 4.39 Å². The largest absolute Gasteiger partial charge is 0.384 e. The van der Waals surface area contributed by atoms with Crippen LogP contribution in [0.25, 0.3) is 0 Å². The second-order valence-electron chi connectivity index (χ2n) is 8.46. The molecule has 1 aromatic rings. The van der Waals surface area contributed by atoms with E-state index in [2.05, 4.69) is 22.4 Å². The maximum absolute atomic E-state index is 13.7. The minimum atomic E-state index is -0.0937. The molecule has 1 aromatic carbocycles. The molecule has 5 rings (SSSR count). The normalized spacial score (nSPS) is 33.6. The molecule has 2 aliphatic heterocycles. The van der Waals surface area contributed by atoms with Crippen LogP contribution in [0.1, 0.15) is 37.7 Å². The van der Waals surface area contributed by atoms with E-state index >= 15 is 0 Å². The van der Waals surface area contributed by atoms with Gasteiger partial charge in [-0.2, -0.15) is 0 Å². The van der Waals surface area contributed by atoms with Gasteiger partial charge in [-0.15, -0.1) is 0 Å². The van der Waals surface area contributed by atoms with Crippen molar-refractivity contribution in [2.45, 2.75) is 37.5 Å². The van der Waals surface area contributed by atoms with Crippen LogP contribution in [0, 0.1) is 23.6 Å². The molecule has 2 fully saturated rings. The number of benzene rings is 1. The second kappa shape index (κ2) is 5.59. The van der Waals surface area contributed by atoms with Crippen molar-refractivity contribution in [1.29, 1.82) is 0 Å². The summed E-state index contributed by atoms with van der Waals surface area (Å²) in [6.07, 6.45) is 11.4. The van der Waals surface area contributed by atoms with Crippen LogP contribution >= 0.6 is 0 Å². The van der Waals surface area contributed by atoms with E-state index in [1.165, 1.54) is 31.4 Å². The average Bonchev–Trinajstić information content (AvgIpc) is 2.92. The zero-order chi connectivity index (χ0) is 16.1. The Hall–Kier alpha value is -1.35. The Kier molecular flexibility index (Phi) is 3.48. The van der Waals surface area contributed by atoms with Gasteiger partial charge in [0.15, 0.2) is 0 Å². The monoisotopic (exact) mass is 326 g/mol. The van der Waals surface area contributed by atoms with Gasteiger partial charge in [-0.3, -0.25) is 0 Å². The standard InChI is InChI=1S/C21H27FN2/c22-17-5-6-20-19(12-17)21(14-23-20)7-9-24(10-8-21)13-16-11-15-3-1-2-4-18(15)16/h2,4-6,12,15-16,18,23H,1,3,7-11,13-14H2. The van der Waals surface area contributed by atoms with Crippen molar-refractivity contribution in [3.05, 3.63) is 41.7 Å². The molecule has 4 aliphatic rings. The van der Waals surface area contributed by atoms with Crippen LogP contribution in [0.15, 0.2) is 30.4 Å². The fourth-order valence-electron chi connectivity index (χ4n) is 5.69. The van der Waals surface area contributed by atoms with Crippen LogP contribution in [-0.2, 0) is 5.41 Å². The number of piperidine rings is 1. The molecule has 24 heavy (non-hydrogen) atoms. The third kappa shape index (κ3) is 2.32. The van der Waals surface area contributed by atoms with E-state index in [1.807, 2.05) is 6.07 Å². The smallest absolute Gasteiger partial charge is 0.123 e. The van der Waals surface area contributed by atoms with Crippen LogP contribution in [0.3, 0.4) is 0 Å². The molecular formula is C21H27FN2. The summed E-state index contributed by atoms with van der Waals surface area (Å²) in [5.74, 6) is 2.62. The van der Waals surface area contributed by atoms with E-state index in [1.54, 1.807) is 12.1 Å². The van der Waals surface area contributed by atoms with Crippen LogP contribution < -0.4 is 5.32 Å². The molecule has 0 bridgehead atoms. The zero-order valence-corrected chi connectivity index (χ0v) is 14.3. The second-order valence-corrected chi connectivity index (χ2v) is 8.46. The fourth-order valence-corrected chi connectivity index (χ4v) is 5.69. The first-order chi connectivity index (χ1) is 11.7. The maximum atomic E-state index is 13.7. The number of hydrogen-bond acceptors (Lipinski definition) is 2. The molecule has 2 nitrogen and oxygen atoms in total. The Balaban J connectivity index is 1.24. The van der Waals surface area contributed by atoms with Crippen molar-refractivity contribution in [2.75, 3.05) is 31.5 Å². The highest BCUT2D eigenvalue weighted by atomic mass is 19.1. The van der Waals surface area contributed by atoms with Crippen molar-refractivity contribution >= 4 is 5.69 Å². The summed E-state index contributed by atoms with van der Waals surface area (Å²) in [6, 6.07) is 5.26. The fraction of sp³-hybridized carbons (Fsp3) is 0.619. The molecule has 3 unspecified atom stereocenters. The number of allylic oxidation sites excluding steroid dienone is 2. The molecule has 1 saturated carbocycles. The van der Waals surface area contributed by atoms with Gasteiger partial charge in [0.25, 0.3) is 0 Å². The molecule has 3 heteroatoms. The lowest BCUT2D eigenvalue weighted by atomic mass is 9.61. The number of anilines is 1. The number of nitrogens with one attached hydrogen (secondary N) is 1. The van der Waals surface area contributed by atoms with Crippen molar-refractivity contribution in [2.24, 2.45) is 17.8 Å². The molecule has 128 valence electrons. The summed E-state index contributed by atoms with van der Waals surface area (Å²) < 4.78 is 13.7. The Bertz CT molecular complexity index is 660. The van der Waals surface area contributed by atoms with Gasteiger partial charge in [0.05, 0.1) is 0 Å². The first-order valence-corrected chi connectivity index (χ1v) is 9.66. The van der Waals surface area contributed by atoms with E-state index in [4.69, 9.17) is 0 Å². The third-order valence-corrected chi connectivity index (χ3v) is 7.23. The molecule has 0 aromatic heterocycles. The minimum Gasteiger partial charge on any atom is -0.384 e. The van der Waals surface area contributed by atoms with E-state index in [-0.39, 0.29) is 11.2 Å². The molecule has 3 atom stereocenters. The molecule has 1 spiro atoms. The van der Waals surface area contributed by atoms with Gasteiger partial charge in [0.1, 0.15) is 5.82 Å². The Morgan fingerprint density at radius 2 is 2.12 bits per heavy atom. The topological polar surface area (TPSA) is 15.3 Å². The highest BCUT2D eigenvalue weighted by Crippen LogP contribution is 2.48. The van der Waals surface area contributed by atoms with E-state index in [0.29, 0.717) is 0 Å². The summed E-state index contributed by atoms with van der Waals surface area (Å²) in [4.78, 5) is 2.67. The van der Waals surface area contributed by atoms with Crippen molar-refractivity contribution < 1.29 is 4.39 Å². The molecule has 2 heterocycles. The highest BCUT2D eigenvalue weighted by molar-refractivity contribution is 5.60. The molecular weight excluding hydrogens is 299 g/mol. The van der Waals surface area contributed by atoms with Gasteiger partial charge in [-0.1, -0.05) is 12.2 Å². The Morgan fingerprint density at radius 1 is 1.25 bits per heavy atom. The third-order valence-electron chi connectivity index (χ3n) is 7.23. The number of hydrogen-bond donors (Lipinski definition) is 1. The summed E-state index contributed by atoms with van der Waals surface area (Å²) in [6.45, 7) is 4.58. The average molecular weight is 326 g/mol. The van der Waals surface area contributed by atoms with Crippen molar-refractivity contribution in [3.8, 4) is 0 Å². The molecule has 2 aliphatic carbocycles. The summed E-state index contributed by atoms with van der Waals surface area (Å²) in [7, 11) is 0. The Labute approximate surface area is 144 Å². The molecule has 1 N–H and O–H groups in total.